The fourth-order valence-electron chi connectivity index (χ4n) is 4.92. The monoisotopic (exact) mass is 552 g/mol. The maximum absolute atomic E-state index is 6.10. The molecule has 0 saturated heterocycles. The van der Waals surface area contributed by atoms with Gasteiger partial charge in [-0.1, -0.05) is 119 Å². The van der Waals surface area contributed by atoms with Crippen LogP contribution in [0.5, 0.6) is 0 Å². The molecular formula is C33H44N8. The average molecular weight is 553 g/mol. The SMILES string of the molecule is C=Cc1ccc(Cn2nc(CCCCCCCCCCCc3nc(N)n(Cc4ccc(C=C)cc4)n3)nc2N)cc1. The number of anilines is 2. The quantitative estimate of drug-likeness (QED) is 0.133. The molecule has 8 nitrogen and oxygen atoms in total. The van der Waals surface area contributed by atoms with Crippen LogP contribution in [0, 0.1) is 0 Å². The predicted molar refractivity (Wildman–Crippen MR) is 169 cm³/mol. The van der Waals surface area contributed by atoms with Crippen LogP contribution in [-0.4, -0.2) is 29.5 Å². The van der Waals surface area contributed by atoms with Gasteiger partial charge in [-0.2, -0.15) is 20.2 Å². The second-order valence-corrected chi connectivity index (χ2v) is 10.7. The number of benzene rings is 2. The molecule has 0 aliphatic rings. The van der Waals surface area contributed by atoms with E-state index in [1.807, 2.05) is 36.4 Å². The molecule has 2 aromatic carbocycles. The van der Waals surface area contributed by atoms with Crippen molar-refractivity contribution >= 4 is 24.0 Å². The van der Waals surface area contributed by atoms with Crippen molar-refractivity contribution in [3.05, 3.63) is 95.6 Å². The van der Waals surface area contributed by atoms with Crippen molar-refractivity contribution in [2.24, 2.45) is 0 Å². The summed E-state index contributed by atoms with van der Waals surface area (Å²) in [5.41, 5.74) is 16.7. The van der Waals surface area contributed by atoms with Crippen LogP contribution in [0.25, 0.3) is 12.2 Å². The summed E-state index contributed by atoms with van der Waals surface area (Å²) in [5.74, 6) is 2.65. The van der Waals surface area contributed by atoms with Crippen molar-refractivity contribution in [2.75, 3.05) is 11.5 Å². The Hall–Kier alpha value is -4.20. The number of hydrogen-bond acceptors (Lipinski definition) is 6. The minimum Gasteiger partial charge on any atom is -0.368 e. The summed E-state index contributed by atoms with van der Waals surface area (Å²) in [6, 6.07) is 16.5. The number of nitrogens with zero attached hydrogens (tertiary/aromatic N) is 6. The molecule has 4 aromatic rings. The molecule has 4 rings (SSSR count). The average Bonchev–Trinajstić information content (AvgIpc) is 3.52. The fraction of sp³-hybridized carbons (Fsp3) is 0.394. The number of aryl methyl sites for hydroxylation is 2. The number of rotatable bonds is 18. The van der Waals surface area contributed by atoms with Crippen molar-refractivity contribution in [3.63, 3.8) is 0 Å². The Labute approximate surface area is 244 Å². The lowest BCUT2D eigenvalue weighted by atomic mass is 10.1. The number of nitrogen functional groups attached to an aromatic ring is 2. The van der Waals surface area contributed by atoms with Gasteiger partial charge in [0.25, 0.3) is 0 Å². The van der Waals surface area contributed by atoms with Crippen LogP contribution < -0.4 is 11.5 Å². The lowest BCUT2D eigenvalue weighted by molar-refractivity contribution is 0.552. The van der Waals surface area contributed by atoms with Crippen LogP contribution in [-0.2, 0) is 25.9 Å². The first-order valence-electron chi connectivity index (χ1n) is 14.8. The first-order valence-corrected chi connectivity index (χ1v) is 14.8. The van der Waals surface area contributed by atoms with Crippen LogP contribution in [0.2, 0.25) is 0 Å². The fourth-order valence-corrected chi connectivity index (χ4v) is 4.92. The van der Waals surface area contributed by atoms with E-state index in [9.17, 15) is 0 Å². The Morgan fingerprint density at radius 1 is 0.537 bits per heavy atom. The minimum atomic E-state index is 0.482. The molecule has 0 fully saturated rings. The zero-order chi connectivity index (χ0) is 28.9. The van der Waals surface area contributed by atoms with Gasteiger partial charge in [-0.25, -0.2) is 9.36 Å². The van der Waals surface area contributed by atoms with Crippen molar-refractivity contribution in [3.8, 4) is 0 Å². The zero-order valence-electron chi connectivity index (χ0n) is 24.2. The van der Waals surface area contributed by atoms with Crippen LogP contribution in [0.1, 0.15) is 91.7 Å². The van der Waals surface area contributed by atoms with E-state index in [1.54, 1.807) is 9.36 Å². The van der Waals surface area contributed by atoms with Gasteiger partial charge in [-0.15, -0.1) is 0 Å². The summed E-state index contributed by atoms with van der Waals surface area (Å²) in [5, 5.41) is 9.23. The second-order valence-electron chi connectivity index (χ2n) is 10.7. The van der Waals surface area contributed by atoms with Gasteiger partial charge in [0.2, 0.25) is 11.9 Å². The highest BCUT2D eigenvalue weighted by Crippen LogP contribution is 2.15. The number of nitrogens with two attached hydrogens (primary N) is 2. The number of unbranched alkanes of at least 4 members (excludes halogenated alkanes) is 8. The largest absolute Gasteiger partial charge is 0.368 e. The molecule has 0 radical (unpaired) electrons. The van der Waals surface area contributed by atoms with Crippen molar-refractivity contribution in [1.29, 1.82) is 0 Å². The summed E-state index contributed by atoms with van der Waals surface area (Å²) in [7, 11) is 0. The molecule has 0 amide bonds. The minimum absolute atomic E-state index is 0.482. The Morgan fingerprint density at radius 2 is 0.878 bits per heavy atom. The van der Waals surface area contributed by atoms with Crippen LogP contribution in [0.4, 0.5) is 11.9 Å². The maximum Gasteiger partial charge on any atom is 0.219 e. The van der Waals surface area contributed by atoms with E-state index in [1.165, 1.54) is 44.9 Å². The van der Waals surface area contributed by atoms with Gasteiger partial charge in [0, 0.05) is 12.8 Å². The van der Waals surface area contributed by atoms with E-state index in [0.717, 1.165) is 59.6 Å². The molecule has 41 heavy (non-hydrogen) atoms. The number of hydrogen-bond donors (Lipinski definition) is 2. The number of aromatic nitrogens is 6. The van der Waals surface area contributed by atoms with Crippen LogP contribution in [0.3, 0.4) is 0 Å². The van der Waals surface area contributed by atoms with Crippen molar-refractivity contribution in [2.45, 2.75) is 83.7 Å². The molecule has 2 aromatic heterocycles. The highest BCUT2D eigenvalue weighted by Gasteiger charge is 2.09. The molecule has 2 heterocycles. The van der Waals surface area contributed by atoms with E-state index in [0.29, 0.717) is 25.0 Å². The zero-order valence-corrected chi connectivity index (χ0v) is 24.2. The summed E-state index contributed by atoms with van der Waals surface area (Å²) >= 11 is 0. The van der Waals surface area contributed by atoms with E-state index in [2.05, 4.69) is 57.6 Å². The van der Waals surface area contributed by atoms with Gasteiger partial charge >= 0.3 is 0 Å². The van der Waals surface area contributed by atoms with E-state index in [4.69, 9.17) is 11.5 Å². The third-order valence-electron chi connectivity index (χ3n) is 7.38. The molecule has 0 aliphatic carbocycles. The molecule has 0 spiro atoms. The Balaban J connectivity index is 1.02. The lowest BCUT2D eigenvalue weighted by Gasteiger charge is -2.03. The Morgan fingerprint density at radius 3 is 1.22 bits per heavy atom. The van der Waals surface area contributed by atoms with Crippen LogP contribution >= 0.6 is 0 Å². The van der Waals surface area contributed by atoms with Gasteiger partial charge in [-0.3, -0.25) is 0 Å². The molecular weight excluding hydrogens is 508 g/mol. The molecule has 0 aliphatic heterocycles. The highest BCUT2D eigenvalue weighted by atomic mass is 15.4. The van der Waals surface area contributed by atoms with Crippen molar-refractivity contribution in [1.82, 2.24) is 29.5 Å². The normalized spacial score (nSPS) is 11.1. The van der Waals surface area contributed by atoms with Gasteiger partial charge in [-0.05, 0) is 35.1 Å². The summed E-state index contributed by atoms with van der Waals surface area (Å²) in [4.78, 5) is 8.92. The Bertz CT molecular complexity index is 1260. The second kappa shape index (κ2) is 15.6. The molecule has 0 unspecified atom stereocenters. The summed E-state index contributed by atoms with van der Waals surface area (Å²) < 4.78 is 3.58. The maximum atomic E-state index is 6.10. The Kier molecular flexibility index (Phi) is 11.3. The van der Waals surface area contributed by atoms with E-state index >= 15 is 0 Å². The molecule has 0 bridgehead atoms. The van der Waals surface area contributed by atoms with E-state index < -0.39 is 0 Å². The third kappa shape index (κ3) is 9.45. The van der Waals surface area contributed by atoms with Crippen molar-refractivity contribution < 1.29 is 0 Å². The highest BCUT2D eigenvalue weighted by molar-refractivity contribution is 5.48. The molecule has 4 N–H and O–H groups in total. The topological polar surface area (TPSA) is 113 Å². The smallest absolute Gasteiger partial charge is 0.219 e. The third-order valence-corrected chi connectivity index (χ3v) is 7.38. The first kappa shape index (κ1) is 29.8. The summed E-state index contributed by atoms with van der Waals surface area (Å²) in [6.45, 7) is 8.86. The van der Waals surface area contributed by atoms with Crippen LogP contribution in [0.15, 0.2) is 61.7 Å². The standard InChI is InChI=1S/C33H44N8/c1-3-26-16-20-28(21-17-26)24-40-32(34)36-30(38-40)14-12-10-8-6-5-7-9-11-13-15-31-37-33(35)41(39-31)25-29-22-18-27(4-2)19-23-29/h3-4,16-23H,1-2,5-15,24-25H2,(H2,34,36,38)(H2,35,37,39). The van der Waals surface area contributed by atoms with Gasteiger partial charge < -0.3 is 11.5 Å². The van der Waals surface area contributed by atoms with Gasteiger partial charge in [0.05, 0.1) is 13.1 Å². The van der Waals surface area contributed by atoms with E-state index in [-0.39, 0.29) is 0 Å². The first-order chi connectivity index (χ1) is 20.0. The molecule has 0 atom stereocenters. The van der Waals surface area contributed by atoms with Gasteiger partial charge in [0.15, 0.2) is 11.6 Å². The predicted octanol–water partition coefficient (Wildman–Crippen LogP) is 6.71. The molecule has 8 heteroatoms. The summed E-state index contributed by atoms with van der Waals surface area (Å²) in [6.07, 6.45) is 16.4. The lowest BCUT2D eigenvalue weighted by Crippen LogP contribution is -2.06. The van der Waals surface area contributed by atoms with Gasteiger partial charge in [0.1, 0.15) is 0 Å². The molecule has 0 saturated carbocycles. The molecule has 216 valence electrons.